The lowest BCUT2D eigenvalue weighted by Gasteiger charge is -1.90. The molecule has 0 heterocycles. The van der Waals surface area contributed by atoms with Crippen LogP contribution in [0.5, 0.6) is 0 Å². The SMILES string of the molecule is CCOCC=CCS. The lowest BCUT2D eigenvalue weighted by atomic mass is 10.5. The molecule has 2 heteroatoms. The maximum Gasteiger partial charge on any atom is 0.0647 e. The lowest BCUT2D eigenvalue weighted by Crippen LogP contribution is -1.87. The molecule has 0 aliphatic heterocycles. The van der Waals surface area contributed by atoms with Crippen LogP contribution >= 0.6 is 12.6 Å². The average molecular weight is 132 g/mol. The Kier molecular flexibility index (Phi) is 7.09. The van der Waals surface area contributed by atoms with E-state index in [4.69, 9.17) is 4.74 Å². The molecule has 0 N–H and O–H groups in total. The van der Waals surface area contributed by atoms with E-state index < -0.39 is 0 Å². The van der Waals surface area contributed by atoms with E-state index in [0.717, 1.165) is 19.0 Å². The van der Waals surface area contributed by atoms with Gasteiger partial charge in [0, 0.05) is 12.4 Å². The van der Waals surface area contributed by atoms with Gasteiger partial charge in [-0.1, -0.05) is 12.2 Å². The highest BCUT2D eigenvalue weighted by atomic mass is 32.1. The molecule has 48 valence electrons. The summed E-state index contributed by atoms with van der Waals surface area (Å²) in [4.78, 5) is 0. The second-order valence-corrected chi connectivity index (χ2v) is 1.68. The third-order valence-electron chi connectivity index (χ3n) is 0.690. The Morgan fingerprint density at radius 3 is 2.75 bits per heavy atom. The van der Waals surface area contributed by atoms with Gasteiger partial charge in [-0.3, -0.25) is 0 Å². The van der Waals surface area contributed by atoms with Gasteiger partial charge in [-0.05, 0) is 6.92 Å². The molecule has 0 saturated carbocycles. The molecule has 0 fully saturated rings. The fraction of sp³-hybridized carbons (Fsp3) is 0.667. The van der Waals surface area contributed by atoms with E-state index >= 15 is 0 Å². The first-order valence-corrected chi connectivity index (χ1v) is 3.38. The van der Waals surface area contributed by atoms with Crippen LogP contribution in [-0.2, 0) is 4.74 Å². The van der Waals surface area contributed by atoms with E-state index in [0.29, 0.717) is 0 Å². The zero-order chi connectivity index (χ0) is 6.24. The van der Waals surface area contributed by atoms with Crippen LogP contribution in [0.4, 0.5) is 0 Å². The van der Waals surface area contributed by atoms with Gasteiger partial charge < -0.3 is 4.74 Å². The third-order valence-corrected chi connectivity index (χ3v) is 0.901. The van der Waals surface area contributed by atoms with E-state index in [1.165, 1.54) is 0 Å². The largest absolute Gasteiger partial charge is 0.378 e. The summed E-state index contributed by atoms with van der Waals surface area (Å²) in [6, 6.07) is 0. The molecule has 0 radical (unpaired) electrons. The first-order valence-electron chi connectivity index (χ1n) is 2.75. The number of thiol groups is 1. The molecule has 0 aromatic carbocycles. The van der Waals surface area contributed by atoms with Gasteiger partial charge in [0.25, 0.3) is 0 Å². The van der Waals surface area contributed by atoms with Gasteiger partial charge in [-0.15, -0.1) is 0 Å². The van der Waals surface area contributed by atoms with Crippen LogP contribution < -0.4 is 0 Å². The summed E-state index contributed by atoms with van der Waals surface area (Å²) in [5.41, 5.74) is 0. The number of rotatable bonds is 4. The van der Waals surface area contributed by atoms with Gasteiger partial charge in [0.05, 0.1) is 6.61 Å². The number of hydrogen-bond acceptors (Lipinski definition) is 2. The first kappa shape index (κ1) is 8.05. The zero-order valence-corrected chi connectivity index (χ0v) is 6.03. The van der Waals surface area contributed by atoms with E-state index in [9.17, 15) is 0 Å². The molecule has 0 atom stereocenters. The van der Waals surface area contributed by atoms with Crippen molar-refractivity contribution in [2.24, 2.45) is 0 Å². The van der Waals surface area contributed by atoms with Gasteiger partial charge >= 0.3 is 0 Å². The van der Waals surface area contributed by atoms with Crippen molar-refractivity contribution in [1.82, 2.24) is 0 Å². The van der Waals surface area contributed by atoms with Crippen LogP contribution in [0.3, 0.4) is 0 Å². The third kappa shape index (κ3) is 6.05. The van der Waals surface area contributed by atoms with Crippen molar-refractivity contribution in [2.45, 2.75) is 6.92 Å². The second-order valence-electron chi connectivity index (χ2n) is 1.31. The summed E-state index contributed by atoms with van der Waals surface area (Å²) in [5, 5.41) is 0. The highest BCUT2D eigenvalue weighted by Gasteiger charge is 1.72. The molecule has 1 nitrogen and oxygen atoms in total. The van der Waals surface area contributed by atoms with Gasteiger partial charge in [-0.2, -0.15) is 12.6 Å². The molecule has 0 unspecified atom stereocenters. The number of hydrogen-bond donors (Lipinski definition) is 1. The molecule has 0 spiro atoms. The molecule has 0 aliphatic carbocycles. The Hall–Kier alpha value is 0.0500. The van der Waals surface area contributed by atoms with E-state index in [-0.39, 0.29) is 0 Å². The van der Waals surface area contributed by atoms with E-state index in [1.807, 2.05) is 19.1 Å². The van der Waals surface area contributed by atoms with Crippen molar-refractivity contribution < 1.29 is 4.74 Å². The molecule has 0 rings (SSSR count). The van der Waals surface area contributed by atoms with Crippen molar-refractivity contribution in [2.75, 3.05) is 19.0 Å². The highest BCUT2D eigenvalue weighted by Crippen LogP contribution is 1.78. The highest BCUT2D eigenvalue weighted by molar-refractivity contribution is 7.80. The molecular formula is C6H12OS. The van der Waals surface area contributed by atoms with Crippen molar-refractivity contribution in [3.8, 4) is 0 Å². The zero-order valence-electron chi connectivity index (χ0n) is 5.13. The Morgan fingerprint density at radius 2 is 2.25 bits per heavy atom. The van der Waals surface area contributed by atoms with Crippen molar-refractivity contribution in [3.05, 3.63) is 12.2 Å². The Bertz CT molecular complexity index is 61.5. The predicted molar refractivity (Wildman–Crippen MR) is 39.5 cm³/mol. The second kappa shape index (κ2) is 7.05. The van der Waals surface area contributed by atoms with Gasteiger partial charge in [-0.25, -0.2) is 0 Å². The average Bonchev–Trinajstić information content (AvgIpc) is 1.81. The fourth-order valence-corrected chi connectivity index (χ4v) is 0.478. The van der Waals surface area contributed by atoms with E-state index in [2.05, 4.69) is 12.6 Å². The molecule has 0 bridgehead atoms. The molecular weight excluding hydrogens is 120 g/mol. The number of ether oxygens (including phenoxy) is 1. The molecule has 0 amide bonds. The molecule has 0 aliphatic rings. The molecule has 0 aromatic heterocycles. The quantitative estimate of drug-likeness (QED) is 0.346. The predicted octanol–water partition coefficient (Wildman–Crippen LogP) is 1.51. The van der Waals surface area contributed by atoms with Crippen molar-refractivity contribution >= 4 is 12.6 Å². The summed E-state index contributed by atoms with van der Waals surface area (Å²) < 4.78 is 5.01. The van der Waals surface area contributed by atoms with Crippen LogP contribution in [0.25, 0.3) is 0 Å². The summed E-state index contributed by atoms with van der Waals surface area (Å²) in [7, 11) is 0. The summed E-state index contributed by atoms with van der Waals surface area (Å²) in [6.45, 7) is 3.49. The van der Waals surface area contributed by atoms with Gasteiger partial charge in [0.2, 0.25) is 0 Å². The van der Waals surface area contributed by atoms with Crippen LogP contribution in [0.1, 0.15) is 6.92 Å². The lowest BCUT2D eigenvalue weighted by molar-refractivity contribution is 0.177. The molecule has 0 saturated heterocycles. The maximum atomic E-state index is 5.01. The summed E-state index contributed by atoms with van der Waals surface area (Å²) in [6.07, 6.45) is 3.94. The minimum absolute atomic E-state index is 0.719. The van der Waals surface area contributed by atoms with Crippen LogP contribution in [0, 0.1) is 0 Å². The topological polar surface area (TPSA) is 9.23 Å². The molecule has 8 heavy (non-hydrogen) atoms. The standard InChI is InChI=1S/C6H12OS/c1-2-7-5-3-4-6-8/h3-4,8H,2,5-6H2,1H3. The first-order chi connectivity index (χ1) is 3.91. The van der Waals surface area contributed by atoms with Gasteiger partial charge in [0.1, 0.15) is 0 Å². The van der Waals surface area contributed by atoms with Crippen molar-refractivity contribution in [3.63, 3.8) is 0 Å². The Morgan fingerprint density at radius 1 is 1.50 bits per heavy atom. The van der Waals surface area contributed by atoms with Gasteiger partial charge in [0.15, 0.2) is 0 Å². The maximum absolute atomic E-state index is 5.01. The van der Waals surface area contributed by atoms with Crippen LogP contribution in [0.15, 0.2) is 12.2 Å². The minimum atomic E-state index is 0.719. The molecule has 0 aromatic rings. The minimum Gasteiger partial charge on any atom is -0.378 e. The van der Waals surface area contributed by atoms with Crippen molar-refractivity contribution in [1.29, 1.82) is 0 Å². The van der Waals surface area contributed by atoms with E-state index in [1.54, 1.807) is 0 Å². The smallest absolute Gasteiger partial charge is 0.0647 e. The summed E-state index contributed by atoms with van der Waals surface area (Å²) in [5.74, 6) is 0.799. The Labute approximate surface area is 56.1 Å². The van der Waals surface area contributed by atoms with Crippen LogP contribution in [0.2, 0.25) is 0 Å². The monoisotopic (exact) mass is 132 g/mol. The normalized spacial score (nSPS) is 10.8. The Balaban J connectivity index is 2.80. The van der Waals surface area contributed by atoms with Crippen LogP contribution in [-0.4, -0.2) is 19.0 Å². The summed E-state index contributed by atoms with van der Waals surface area (Å²) >= 11 is 3.98. The fourth-order valence-electron chi connectivity index (χ4n) is 0.328.